The molecular formula is C16H14ClFN4O. The van der Waals surface area contributed by atoms with Crippen LogP contribution in [0.15, 0.2) is 55.1 Å². The lowest BCUT2D eigenvalue weighted by atomic mass is 10.2. The number of nitrogens with one attached hydrogen (secondary N) is 1. The summed E-state index contributed by atoms with van der Waals surface area (Å²) < 4.78 is 20.6. The first-order valence-corrected chi connectivity index (χ1v) is 7.33. The zero-order valence-electron chi connectivity index (χ0n) is 12.1. The molecule has 3 aromatic rings. The van der Waals surface area contributed by atoms with Gasteiger partial charge in [-0.05, 0) is 18.2 Å². The highest BCUT2D eigenvalue weighted by atomic mass is 35.5. The number of para-hydroxylation sites is 1. The van der Waals surface area contributed by atoms with Gasteiger partial charge in [0.15, 0.2) is 0 Å². The van der Waals surface area contributed by atoms with E-state index in [1.807, 2.05) is 24.3 Å². The molecule has 0 spiro atoms. The van der Waals surface area contributed by atoms with E-state index in [-0.39, 0.29) is 12.4 Å². The summed E-state index contributed by atoms with van der Waals surface area (Å²) in [5.74, 6) is 0.366. The van der Waals surface area contributed by atoms with Crippen molar-refractivity contribution in [1.82, 2.24) is 14.9 Å². The molecule has 3 rings (SSSR count). The number of halogens is 2. The first-order valence-electron chi connectivity index (χ1n) is 6.95. The molecule has 23 heavy (non-hydrogen) atoms. The molecular weight excluding hydrogens is 319 g/mol. The number of nitrogens with zero attached hydrogens (tertiary/aromatic N) is 3. The Hall–Kier alpha value is -2.60. The third-order valence-electron chi connectivity index (χ3n) is 3.24. The van der Waals surface area contributed by atoms with Crippen molar-refractivity contribution in [2.24, 2.45) is 0 Å². The molecule has 1 heterocycles. The lowest BCUT2D eigenvalue weighted by Gasteiger charge is -2.13. The largest absolute Gasteiger partial charge is 0.488 e. The Bertz CT molecular complexity index is 780. The van der Waals surface area contributed by atoms with Crippen molar-refractivity contribution in [1.29, 1.82) is 0 Å². The van der Waals surface area contributed by atoms with Crippen LogP contribution in [0.2, 0.25) is 5.02 Å². The molecule has 1 aromatic heterocycles. The second kappa shape index (κ2) is 7.11. The highest BCUT2D eigenvalue weighted by Crippen LogP contribution is 2.22. The fourth-order valence-corrected chi connectivity index (χ4v) is 2.27. The molecule has 0 amide bonds. The zero-order chi connectivity index (χ0) is 16.1. The second-order valence-corrected chi connectivity index (χ2v) is 5.24. The molecule has 1 N–H and O–H groups in total. The van der Waals surface area contributed by atoms with E-state index in [0.717, 1.165) is 16.9 Å². The van der Waals surface area contributed by atoms with Gasteiger partial charge in [-0.25, -0.2) is 9.07 Å². The Morgan fingerprint density at radius 1 is 1.09 bits per heavy atom. The Morgan fingerprint density at radius 2 is 1.87 bits per heavy atom. The van der Waals surface area contributed by atoms with E-state index in [4.69, 9.17) is 16.3 Å². The summed E-state index contributed by atoms with van der Waals surface area (Å²) in [5, 5.41) is 7.80. The number of ether oxygens (including phenoxy) is 1. The molecule has 0 unspecified atom stereocenters. The fraction of sp³-hybridized carbons (Fsp3) is 0.125. The van der Waals surface area contributed by atoms with Gasteiger partial charge in [-0.15, -0.1) is 10.2 Å². The van der Waals surface area contributed by atoms with Gasteiger partial charge in [-0.3, -0.25) is 0 Å². The van der Waals surface area contributed by atoms with Crippen LogP contribution in [0.4, 0.5) is 4.39 Å². The predicted octanol–water partition coefficient (Wildman–Crippen LogP) is 3.39. The van der Waals surface area contributed by atoms with Crippen LogP contribution in [0.1, 0.15) is 11.1 Å². The SMILES string of the molecule is Fc1ccc(COc2ccccc2CNn2cnnc2)c(Cl)c1. The van der Waals surface area contributed by atoms with Crippen molar-refractivity contribution in [2.75, 3.05) is 5.43 Å². The van der Waals surface area contributed by atoms with Gasteiger partial charge < -0.3 is 10.2 Å². The molecule has 0 saturated carbocycles. The highest BCUT2D eigenvalue weighted by molar-refractivity contribution is 6.31. The van der Waals surface area contributed by atoms with Crippen molar-refractivity contribution in [3.63, 3.8) is 0 Å². The predicted molar refractivity (Wildman–Crippen MR) is 85.3 cm³/mol. The minimum Gasteiger partial charge on any atom is -0.488 e. The zero-order valence-corrected chi connectivity index (χ0v) is 12.9. The molecule has 0 aliphatic rings. The summed E-state index contributed by atoms with van der Waals surface area (Å²) >= 11 is 6.01. The number of hydrogen-bond donors (Lipinski definition) is 1. The van der Waals surface area contributed by atoms with Crippen LogP contribution >= 0.6 is 11.6 Å². The van der Waals surface area contributed by atoms with E-state index in [0.29, 0.717) is 11.6 Å². The van der Waals surface area contributed by atoms with Gasteiger partial charge in [-0.2, -0.15) is 0 Å². The van der Waals surface area contributed by atoms with Gasteiger partial charge in [0.25, 0.3) is 0 Å². The normalized spacial score (nSPS) is 10.5. The molecule has 0 bridgehead atoms. The van der Waals surface area contributed by atoms with E-state index < -0.39 is 0 Å². The molecule has 5 nitrogen and oxygen atoms in total. The Balaban J connectivity index is 1.67. The van der Waals surface area contributed by atoms with Crippen LogP contribution in [-0.4, -0.2) is 14.9 Å². The van der Waals surface area contributed by atoms with Crippen LogP contribution in [0.25, 0.3) is 0 Å². The Morgan fingerprint density at radius 3 is 2.65 bits per heavy atom. The molecule has 7 heteroatoms. The lowest BCUT2D eigenvalue weighted by molar-refractivity contribution is 0.303. The molecule has 118 valence electrons. The average molecular weight is 333 g/mol. The quantitative estimate of drug-likeness (QED) is 0.751. The summed E-state index contributed by atoms with van der Waals surface area (Å²) in [7, 11) is 0. The topological polar surface area (TPSA) is 52.0 Å². The summed E-state index contributed by atoms with van der Waals surface area (Å²) in [5.41, 5.74) is 4.84. The van der Waals surface area contributed by atoms with E-state index in [9.17, 15) is 4.39 Å². The van der Waals surface area contributed by atoms with E-state index in [2.05, 4.69) is 15.6 Å². The van der Waals surface area contributed by atoms with Crippen LogP contribution < -0.4 is 10.2 Å². The minimum absolute atomic E-state index is 0.267. The lowest BCUT2D eigenvalue weighted by Crippen LogP contribution is -2.13. The van der Waals surface area contributed by atoms with Crippen LogP contribution in [0, 0.1) is 5.82 Å². The van der Waals surface area contributed by atoms with Gasteiger partial charge >= 0.3 is 0 Å². The molecule has 0 aliphatic heterocycles. The molecule has 2 aromatic carbocycles. The first-order chi connectivity index (χ1) is 11.2. The monoisotopic (exact) mass is 332 g/mol. The summed E-state index contributed by atoms with van der Waals surface area (Å²) in [4.78, 5) is 0. The van der Waals surface area contributed by atoms with Gasteiger partial charge in [0.1, 0.15) is 30.8 Å². The highest BCUT2D eigenvalue weighted by Gasteiger charge is 2.06. The van der Waals surface area contributed by atoms with Crippen molar-refractivity contribution in [2.45, 2.75) is 13.2 Å². The Kier molecular flexibility index (Phi) is 4.73. The van der Waals surface area contributed by atoms with E-state index in [1.165, 1.54) is 12.1 Å². The standard InChI is InChI=1S/C16H14ClFN4O/c17-15-7-14(18)6-5-13(15)9-23-16-4-2-1-3-12(16)8-21-22-10-19-20-11-22/h1-7,10-11,21H,8-9H2. The first kappa shape index (κ1) is 15.3. The maximum Gasteiger partial charge on any atom is 0.138 e. The number of hydrogen-bond acceptors (Lipinski definition) is 4. The third-order valence-corrected chi connectivity index (χ3v) is 3.59. The molecule has 0 radical (unpaired) electrons. The van der Waals surface area contributed by atoms with E-state index >= 15 is 0 Å². The fourth-order valence-electron chi connectivity index (χ4n) is 2.04. The van der Waals surface area contributed by atoms with Crippen LogP contribution in [0.5, 0.6) is 5.75 Å². The van der Waals surface area contributed by atoms with E-state index in [1.54, 1.807) is 23.4 Å². The van der Waals surface area contributed by atoms with Gasteiger partial charge in [0.05, 0.1) is 11.6 Å². The van der Waals surface area contributed by atoms with Gasteiger partial charge in [0.2, 0.25) is 0 Å². The molecule has 0 atom stereocenters. The summed E-state index contributed by atoms with van der Waals surface area (Å²) in [6, 6.07) is 11.9. The smallest absolute Gasteiger partial charge is 0.138 e. The third kappa shape index (κ3) is 3.98. The minimum atomic E-state index is -0.364. The summed E-state index contributed by atoms with van der Waals surface area (Å²) in [6.45, 7) is 0.814. The molecule has 0 fully saturated rings. The molecule has 0 aliphatic carbocycles. The summed E-state index contributed by atoms with van der Waals surface area (Å²) in [6.07, 6.45) is 3.14. The van der Waals surface area contributed by atoms with Crippen molar-refractivity contribution >= 4 is 11.6 Å². The number of rotatable bonds is 6. The van der Waals surface area contributed by atoms with Crippen molar-refractivity contribution in [3.05, 3.63) is 77.1 Å². The van der Waals surface area contributed by atoms with Gasteiger partial charge in [0, 0.05) is 11.1 Å². The average Bonchev–Trinajstić information content (AvgIpc) is 3.06. The van der Waals surface area contributed by atoms with Gasteiger partial charge in [-0.1, -0.05) is 35.9 Å². The van der Waals surface area contributed by atoms with Crippen LogP contribution in [0.3, 0.4) is 0 Å². The maximum absolute atomic E-state index is 13.1. The number of aromatic nitrogens is 3. The molecule has 0 saturated heterocycles. The van der Waals surface area contributed by atoms with Crippen LogP contribution in [-0.2, 0) is 13.2 Å². The van der Waals surface area contributed by atoms with Crippen molar-refractivity contribution < 1.29 is 9.13 Å². The maximum atomic E-state index is 13.1. The van der Waals surface area contributed by atoms with Crippen molar-refractivity contribution in [3.8, 4) is 5.75 Å². The second-order valence-electron chi connectivity index (χ2n) is 4.84. The Labute approximate surface area is 137 Å². The number of benzene rings is 2.